The van der Waals surface area contributed by atoms with Crippen molar-refractivity contribution in [3.8, 4) is 0 Å². The summed E-state index contributed by atoms with van der Waals surface area (Å²) in [6.07, 6.45) is 0.707. The van der Waals surface area contributed by atoms with Crippen LogP contribution in [0.1, 0.15) is 24.8 Å². The quantitative estimate of drug-likeness (QED) is 0.838. The van der Waals surface area contributed by atoms with Crippen molar-refractivity contribution >= 4 is 11.8 Å². The van der Waals surface area contributed by atoms with Gasteiger partial charge in [-0.2, -0.15) is 0 Å². The highest BCUT2D eigenvalue weighted by molar-refractivity contribution is 5.90. The van der Waals surface area contributed by atoms with Gasteiger partial charge in [-0.25, -0.2) is 0 Å². The van der Waals surface area contributed by atoms with Crippen LogP contribution in [0.15, 0.2) is 30.3 Å². The van der Waals surface area contributed by atoms with Gasteiger partial charge in [0.1, 0.15) is 6.04 Å². The van der Waals surface area contributed by atoms with Gasteiger partial charge < -0.3 is 16.0 Å². The van der Waals surface area contributed by atoms with Crippen molar-refractivity contribution in [2.75, 3.05) is 19.6 Å². The molecule has 0 radical (unpaired) electrons. The van der Waals surface area contributed by atoms with Crippen LogP contribution in [0.4, 0.5) is 0 Å². The molecule has 0 saturated carbocycles. The molecule has 2 atom stereocenters. The Morgan fingerprint density at radius 3 is 2.70 bits per heavy atom. The smallest absolute Gasteiger partial charge is 0.241 e. The average molecular weight is 275 g/mol. The van der Waals surface area contributed by atoms with E-state index in [-0.39, 0.29) is 11.8 Å². The van der Waals surface area contributed by atoms with Gasteiger partial charge in [0.05, 0.1) is 5.92 Å². The summed E-state index contributed by atoms with van der Waals surface area (Å²) in [6.45, 7) is 3.64. The highest BCUT2D eigenvalue weighted by Crippen LogP contribution is 2.23. The molecule has 1 fully saturated rings. The first-order chi connectivity index (χ1) is 9.65. The maximum absolute atomic E-state index is 12.7. The van der Waals surface area contributed by atoms with E-state index in [2.05, 4.69) is 5.32 Å². The number of benzene rings is 1. The molecule has 1 aliphatic rings. The van der Waals surface area contributed by atoms with Crippen LogP contribution in [-0.4, -0.2) is 42.4 Å². The average Bonchev–Trinajstić information content (AvgIpc) is 2.49. The molecule has 20 heavy (non-hydrogen) atoms. The lowest BCUT2D eigenvalue weighted by Gasteiger charge is -2.36. The van der Waals surface area contributed by atoms with Gasteiger partial charge in [-0.1, -0.05) is 37.3 Å². The molecule has 0 aromatic heterocycles. The van der Waals surface area contributed by atoms with Gasteiger partial charge >= 0.3 is 0 Å². The lowest BCUT2D eigenvalue weighted by molar-refractivity contribution is -0.141. The van der Waals surface area contributed by atoms with Crippen molar-refractivity contribution in [2.24, 2.45) is 5.73 Å². The number of carbonyl (C=O) groups excluding carboxylic acids is 2. The third-order valence-electron chi connectivity index (χ3n) is 3.76. The van der Waals surface area contributed by atoms with Gasteiger partial charge in [0.25, 0.3) is 0 Å². The van der Waals surface area contributed by atoms with Crippen molar-refractivity contribution in [3.05, 3.63) is 35.9 Å². The molecule has 1 aromatic rings. The van der Waals surface area contributed by atoms with Gasteiger partial charge in [-0.05, 0) is 12.0 Å². The zero-order valence-corrected chi connectivity index (χ0v) is 11.7. The van der Waals surface area contributed by atoms with Crippen molar-refractivity contribution in [3.63, 3.8) is 0 Å². The predicted molar refractivity (Wildman–Crippen MR) is 77.0 cm³/mol. The molecule has 1 saturated heterocycles. The summed E-state index contributed by atoms with van der Waals surface area (Å²) >= 11 is 0. The number of nitrogens with zero attached hydrogens (tertiary/aromatic N) is 1. The van der Waals surface area contributed by atoms with E-state index >= 15 is 0 Å². The minimum atomic E-state index is -0.547. The fourth-order valence-electron chi connectivity index (χ4n) is 2.66. The second-order valence-corrected chi connectivity index (χ2v) is 5.03. The Hall–Kier alpha value is -1.88. The molecule has 5 nitrogen and oxygen atoms in total. The molecule has 5 heteroatoms. The summed E-state index contributed by atoms with van der Waals surface area (Å²) in [5.74, 6) is -0.673. The van der Waals surface area contributed by atoms with Gasteiger partial charge in [-0.3, -0.25) is 9.59 Å². The zero-order valence-electron chi connectivity index (χ0n) is 11.7. The molecule has 1 aliphatic heterocycles. The van der Waals surface area contributed by atoms with Crippen molar-refractivity contribution in [1.82, 2.24) is 10.2 Å². The molecule has 108 valence electrons. The van der Waals surface area contributed by atoms with E-state index in [0.29, 0.717) is 26.1 Å². The fourth-order valence-corrected chi connectivity index (χ4v) is 2.66. The van der Waals surface area contributed by atoms with Crippen LogP contribution in [0.3, 0.4) is 0 Å². The third-order valence-corrected chi connectivity index (χ3v) is 3.76. The Bertz CT molecular complexity index is 475. The highest BCUT2D eigenvalue weighted by atomic mass is 16.2. The van der Waals surface area contributed by atoms with Crippen LogP contribution in [0.5, 0.6) is 0 Å². The zero-order chi connectivity index (χ0) is 14.5. The first-order valence-electron chi connectivity index (χ1n) is 7.00. The summed E-state index contributed by atoms with van der Waals surface area (Å²) in [4.78, 5) is 25.9. The lowest BCUT2D eigenvalue weighted by atomic mass is 9.94. The Labute approximate surface area is 119 Å². The Balaban J connectivity index is 2.21. The second-order valence-electron chi connectivity index (χ2n) is 5.03. The van der Waals surface area contributed by atoms with E-state index < -0.39 is 11.9 Å². The topological polar surface area (TPSA) is 75.4 Å². The number of primary amides is 1. The van der Waals surface area contributed by atoms with Crippen LogP contribution < -0.4 is 11.1 Å². The van der Waals surface area contributed by atoms with Crippen LogP contribution in [0, 0.1) is 0 Å². The van der Waals surface area contributed by atoms with Crippen molar-refractivity contribution in [1.29, 1.82) is 0 Å². The lowest BCUT2D eigenvalue weighted by Crippen LogP contribution is -2.59. The van der Waals surface area contributed by atoms with E-state index in [1.54, 1.807) is 4.90 Å². The van der Waals surface area contributed by atoms with Crippen LogP contribution >= 0.6 is 0 Å². The van der Waals surface area contributed by atoms with E-state index in [0.717, 1.165) is 5.56 Å². The third kappa shape index (κ3) is 2.99. The fraction of sp³-hybridized carbons (Fsp3) is 0.467. The number of amides is 2. The molecule has 1 aromatic carbocycles. The molecule has 0 spiro atoms. The highest BCUT2D eigenvalue weighted by Gasteiger charge is 2.34. The molecule has 2 rings (SSSR count). The summed E-state index contributed by atoms with van der Waals surface area (Å²) in [7, 11) is 0. The van der Waals surface area contributed by atoms with E-state index in [1.165, 1.54) is 0 Å². The number of piperazine rings is 1. The number of carbonyl (C=O) groups is 2. The monoisotopic (exact) mass is 275 g/mol. The van der Waals surface area contributed by atoms with Crippen LogP contribution in [0.25, 0.3) is 0 Å². The molecule has 3 N–H and O–H groups in total. The Morgan fingerprint density at radius 1 is 1.40 bits per heavy atom. The van der Waals surface area contributed by atoms with Crippen molar-refractivity contribution in [2.45, 2.75) is 25.3 Å². The summed E-state index contributed by atoms with van der Waals surface area (Å²) in [5.41, 5.74) is 6.39. The minimum absolute atomic E-state index is 0.0102. The van der Waals surface area contributed by atoms with Gasteiger partial charge in [0, 0.05) is 19.6 Å². The molecule has 2 unspecified atom stereocenters. The predicted octanol–water partition coefficient (Wildman–Crippen LogP) is 0.466. The second kappa shape index (κ2) is 6.52. The first kappa shape index (κ1) is 14.5. The van der Waals surface area contributed by atoms with Crippen LogP contribution in [0.2, 0.25) is 0 Å². The normalized spacial score (nSPS) is 20.4. The standard InChI is InChI=1S/C15H21N3O2/c1-2-12(11-6-4-3-5-7-11)15(20)18-9-8-17-10-13(18)14(16)19/h3-7,12-13,17H,2,8-10H2,1H3,(H2,16,19). The van der Waals surface area contributed by atoms with E-state index in [9.17, 15) is 9.59 Å². The summed E-state index contributed by atoms with van der Waals surface area (Å²) in [6, 6.07) is 9.14. The number of rotatable bonds is 4. The number of hydrogen-bond donors (Lipinski definition) is 2. The van der Waals surface area contributed by atoms with E-state index in [1.807, 2.05) is 37.3 Å². The Kier molecular flexibility index (Phi) is 4.74. The first-order valence-corrected chi connectivity index (χ1v) is 7.00. The molecule has 1 heterocycles. The number of hydrogen-bond acceptors (Lipinski definition) is 3. The SMILES string of the molecule is CCC(C(=O)N1CCNCC1C(N)=O)c1ccccc1. The van der Waals surface area contributed by atoms with Gasteiger partial charge in [-0.15, -0.1) is 0 Å². The van der Waals surface area contributed by atoms with Gasteiger partial charge in [0.15, 0.2) is 0 Å². The molecular formula is C15H21N3O2. The molecule has 0 aliphatic carbocycles. The summed E-state index contributed by atoms with van der Waals surface area (Å²) < 4.78 is 0. The summed E-state index contributed by atoms with van der Waals surface area (Å²) in [5, 5.41) is 3.10. The minimum Gasteiger partial charge on any atom is -0.368 e. The van der Waals surface area contributed by atoms with E-state index in [4.69, 9.17) is 5.73 Å². The molecule has 0 bridgehead atoms. The largest absolute Gasteiger partial charge is 0.368 e. The number of nitrogens with one attached hydrogen (secondary N) is 1. The maximum Gasteiger partial charge on any atom is 0.241 e. The van der Waals surface area contributed by atoms with Crippen molar-refractivity contribution < 1.29 is 9.59 Å². The maximum atomic E-state index is 12.7. The van der Waals surface area contributed by atoms with Crippen LogP contribution in [-0.2, 0) is 9.59 Å². The molecular weight excluding hydrogens is 254 g/mol. The Morgan fingerprint density at radius 2 is 2.10 bits per heavy atom. The number of nitrogens with two attached hydrogens (primary N) is 1. The van der Waals surface area contributed by atoms with Gasteiger partial charge in [0.2, 0.25) is 11.8 Å². The molecule has 2 amide bonds.